The summed E-state index contributed by atoms with van der Waals surface area (Å²) in [6, 6.07) is 4.60. The van der Waals surface area contributed by atoms with Gasteiger partial charge in [-0.2, -0.15) is 0 Å². The van der Waals surface area contributed by atoms with Crippen molar-refractivity contribution in [2.45, 2.75) is 26.4 Å². The van der Waals surface area contributed by atoms with Crippen LogP contribution in [0, 0.1) is 0 Å². The van der Waals surface area contributed by atoms with E-state index in [1.807, 2.05) is 0 Å². The third-order valence-corrected chi connectivity index (χ3v) is 2.96. The summed E-state index contributed by atoms with van der Waals surface area (Å²) < 4.78 is 20.5. The van der Waals surface area contributed by atoms with Gasteiger partial charge in [0.25, 0.3) is 0 Å². The number of rotatable bonds is 5. The summed E-state index contributed by atoms with van der Waals surface area (Å²) >= 11 is 0. The maximum absolute atomic E-state index is 11.3. The van der Waals surface area contributed by atoms with Gasteiger partial charge in [0, 0.05) is 32.4 Å². The average Bonchev–Trinajstić information content (AvgIpc) is 3.16. The van der Waals surface area contributed by atoms with Crippen molar-refractivity contribution >= 4 is 17.9 Å². The molecule has 1 aliphatic rings. The van der Waals surface area contributed by atoms with E-state index in [9.17, 15) is 14.4 Å². The molecule has 1 aromatic rings. The molecule has 0 radical (unpaired) electrons. The second-order valence-electron chi connectivity index (χ2n) is 4.91. The first-order valence-electron chi connectivity index (χ1n) is 6.61. The zero-order valence-corrected chi connectivity index (χ0v) is 12.5. The molecule has 1 heterocycles. The van der Waals surface area contributed by atoms with E-state index in [0.717, 1.165) is 0 Å². The third kappa shape index (κ3) is 3.82. The Balaban J connectivity index is 2.31. The fraction of sp³-hybridized carbons (Fsp3) is 0.400. The Bertz CT molecular complexity index is 616. The molecule has 0 N–H and O–H groups in total. The number of hydrogen-bond donors (Lipinski definition) is 0. The molecule has 1 fully saturated rings. The lowest BCUT2D eigenvalue weighted by atomic mass is 9.99. The molecule has 1 atom stereocenters. The molecule has 1 unspecified atom stereocenters. The van der Waals surface area contributed by atoms with Crippen LogP contribution in [0.3, 0.4) is 0 Å². The molecule has 0 spiro atoms. The highest BCUT2D eigenvalue weighted by Crippen LogP contribution is 2.44. The van der Waals surface area contributed by atoms with Crippen LogP contribution < -0.4 is 9.47 Å². The monoisotopic (exact) mass is 308 g/mol. The fourth-order valence-electron chi connectivity index (χ4n) is 1.97. The predicted octanol–water partition coefficient (Wildman–Crippen LogP) is 1.33. The number of benzene rings is 1. The number of hydrogen-bond acceptors (Lipinski definition) is 7. The van der Waals surface area contributed by atoms with Gasteiger partial charge in [0.1, 0.15) is 18.1 Å². The van der Waals surface area contributed by atoms with Crippen LogP contribution in [0.25, 0.3) is 0 Å². The van der Waals surface area contributed by atoms with Crippen molar-refractivity contribution in [1.82, 2.24) is 0 Å². The van der Waals surface area contributed by atoms with Crippen LogP contribution >= 0.6 is 0 Å². The summed E-state index contributed by atoms with van der Waals surface area (Å²) in [6.07, 6.45) is 0. The molecular weight excluding hydrogens is 292 g/mol. The SMILES string of the molecule is CC(=O)OCC1(c2ccc(OC(C)=O)cc2OC(C)=O)CO1. The molecule has 0 aliphatic carbocycles. The topological polar surface area (TPSA) is 91.4 Å². The Kier molecular flexibility index (Phi) is 4.46. The first kappa shape index (κ1) is 16.0. The van der Waals surface area contributed by atoms with Crippen LogP contribution in [0.5, 0.6) is 11.5 Å². The Labute approximate surface area is 127 Å². The third-order valence-electron chi connectivity index (χ3n) is 2.96. The summed E-state index contributed by atoms with van der Waals surface area (Å²) in [6.45, 7) is 4.18. The number of carbonyl (C=O) groups is 3. The van der Waals surface area contributed by atoms with Crippen LogP contribution in [0.15, 0.2) is 18.2 Å². The van der Waals surface area contributed by atoms with E-state index in [-0.39, 0.29) is 18.1 Å². The number of epoxide rings is 1. The minimum Gasteiger partial charge on any atom is -0.462 e. The number of esters is 3. The molecule has 1 saturated heterocycles. The van der Waals surface area contributed by atoms with Crippen LogP contribution in [0.4, 0.5) is 0 Å². The Morgan fingerprint density at radius 1 is 1.09 bits per heavy atom. The minimum atomic E-state index is -0.828. The molecule has 0 amide bonds. The summed E-state index contributed by atoms with van der Waals surface area (Å²) in [5.41, 5.74) is -0.273. The molecule has 0 saturated carbocycles. The second kappa shape index (κ2) is 6.15. The molecule has 1 aromatic carbocycles. The molecule has 1 aliphatic heterocycles. The lowest BCUT2D eigenvalue weighted by Crippen LogP contribution is -2.21. The second-order valence-corrected chi connectivity index (χ2v) is 4.91. The highest BCUT2D eigenvalue weighted by molar-refractivity contribution is 5.72. The maximum atomic E-state index is 11.3. The van der Waals surface area contributed by atoms with Crippen molar-refractivity contribution in [3.8, 4) is 11.5 Å². The summed E-state index contributed by atoms with van der Waals surface area (Å²) in [4.78, 5) is 33.2. The fourth-order valence-corrected chi connectivity index (χ4v) is 1.97. The number of carbonyl (C=O) groups excluding carboxylic acids is 3. The molecule has 0 aromatic heterocycles. The lowest BCUT2D eigenvalue weighted by molar-refractivity contribution is -0.143. The maximum Gasteiger partial charge on any atom is 0.308 e. The Hall–Kier alpha value is -2.41. The quantitative estimate of drug-likeness (QED) is 0.460. The Morgan fingerprint density at radius 3 is 2.23 bits per heavy atom. The van der Waals surface area contributed by atoms with Crippen molar-refractivity contribution in [2.75, 3.05) is 13.2 Å². The van der Waals surface area contributed by atoms with Crippen molar-refractivity contribution in [1.29, 1.82) is 0 Å². The van der Waals surface area contributed by atoms with E-state index >= 15 is 0 Å². The van der Waals surface area contributed by atoms with Gasteiger partial charge in [-0.3, -0.25) is 14.4 Å². The van der Waals surface area contributed by atoms with E-state index < -0.39 is 23.5 Å². The van der Waals surface area contributed by atoms with Gasteiger partial charge in [0.05, 0.1) is 6.61 Å². The molecular formula is C15H16O7. The molecule has 22 heavy (non-hydrogen) atoms. The van der Waals surface area contributed by atoms with E-state index in [0.29, 0.717) is 12.2 Å². The average molecular weight is 308 g/mol. The van der Waals surface area contributed by atoms with Gasteiger partial charge in [-0.1, -0.05) is 0 Å². The smallest absolute Gasteiger partial charge is 0.308 e. The van der Waals surface area contributed by atoms with E-state index in [1.165, 1.54) is 26.8 Å². The van der Waals surface area contributed by atoms with Gasteiger partial charge >= 0.3 is 17.9 Å². The van der Waals surface area contributed by atoms with Crippen LogP contribution in [0.2, 0.25) is 0 Å². The summed E-state index contributed by atoms with van der Waals surface area (Å²) in [7, 11) is 0. The van der Waals surface area contributed by atoms with Crippen LogP contribution in [-0.4, -0.2) is 31.1 Å². The molecule has 0 bridgehead atoms. The van der Waals surface area contributed by atoms with Gasteiger partial charge in [-0.25, -0.2) is 0 Å². The highest BCUT2D eigenvalue weighted by Gasteiger charge is 2.50. The van der Waals surface area contributed by atoms with Gasteiger partial charge in [-0.15, -0.1) is 0 Å². The summed E-state index contributed by atoms with van der Waals surface area (Å²) in [5, 5.41) is 0. The van der Waals surface area contributed by atoms with Crippen LogP contribution in [0.1, 0.15) is 26.3 Å². The largest absolute Gasteiger partial charge is 0.462 e. The van der Waals surface area contributed by atoms with Gasteiger partial charge in [0.15, 0.2) is 5.60 Å². The zero-order chi connectivity index (χ0) is 16.3. The highest BCUT2D eigenvalue weighted by atomic mass is 16.6. The number of ether oxygens (including phenoxy) is 4. The normalized spacial score (nSPS) is 19.2. The van der Waals surface area contributed by atoms with Gasteiger partial charge < -0.3 is 18.9 Å². The van der Waals surface area contributed by atoms with Crippen LogP contribution in [-0.2, 0) is 29.5 Å². The van der Waals surface area contributed by atoms with E-state index in [2.05, 4.69) is 0 Å². The standard InChI is InChI=1S/C15H16O7/c1-9(16)19-7-15(8-20-15)13-5-4-12(21-10(2)17)6-14(13)22-11(3)18/h4-6H,7-8H2,1-3H3. The van der Waals surface area contributed by atoms with Gasteiger partial charge in [-0.05, 0) is 12.1 Å². The molecule has 2 rings (SSSR count). The lowest BCUT2D eigenvalue weighted by Gasteiger charge is -2.16. The predicted molar refractivity (Wildman–Crippen MR) is 73.3 cm³/mol. The molecule has 7 heteroatoms. The zero-order valence-electron chi connectivity index (χ0n) is 12.5. The Morgan fingerprint density at radius 2 is 1.73 bits per heavy atom. The van der Waals surface area contributed by atoms with E-state index in [1.54, 1.807) is 12.1 Å². The summed E-state index contributed by atoms with van der Waals surface area (Å²) in [5.74, 6) is -0.990. The first-order valence-corrected chi connectivity index (χ1v) is 6.61. The minimum absolute atomic E-state index is 0.0174. The van der Waals surface area contributed by atoms with Crippen molar-refractivity contribution in [2.24, 2.45) is 0 Å². The van der Waals surface area contributed by atoms with Crippen molar-refractivity contribution < 1.29 is 33.3 Å². The molecule has 7 nitrogen and oxygen atoms in total. The first-order chi connectivity index (χ1) is 10.3. The van der Waals surface area contributed by atoms with Gasteiger partial charge in [0.2, 0.25) is 0 Å². The molecule has 118 valence electrons. The van der Waals surface area contributed by atoms with E-state index in [4.69, 9.17) is 18.9 Å². The van der Waals surface area contributed by atoms with Crippen molar-refractivity contribution in [3.05, 3.63) is 23.8 Å². The van der Waals surface area contributed by atoms with Crippen molar-refractivity contribution in [3.63, 3.8) is 0 Å².